The summed E-state index contributed by atoms with van der Waals surface area (Å²) in [5.41, 5.74) is 2.99. The molecular formula is C20H22N2O3. The quantitative estimate of drug-likeness (QED) is 0.790. The van der Waals surface area contributed by atoms with E-state index in [1.807, 2.05) is 48.5 Å². The van der Waals surface area contributed by atoms with Crippen molar-refractivity contribution in [2.45, 2.75) is 25.8 Å². The first-order valence-corrected chi connectivity index (χ1v) is 8.46. The van der Waals surface area contributed by atoms with Crippen LogP contribution in [0.4, 0.5) is 5.69 Å². The Hall–Kier alpha value is -2.82. The average molecular weight is 338 g/mol. The molecule has 2 amide bonds. The second kappa shape index (κ2) is 7.83. The molecule has 0 aromatic heterocycles. The lowest BCUT2D eigenvalue weighted by molar-refractivity contribution is -0.121. The van der Waals surface area contributed by atoms with Gasteiger partial charge in [-0.3, -0.25) is 9.59 Å². The number of benzene rings is 2. The number of carbonyl (C=O) groups is 2. The van der Waals surface area contributed by atoms with Crippen LogP contribution in [-0.2, 0) is 22.6 Å². The molecule has 0 atom stereocenters. The highest BCUT2D eigenvalue weighted by Gasteiger charge is 2.23. The van der Waals surface area contributed by atoms with Gasteiger partial charge in [-0.1, -0.05) is 30.3 Å². The number of nitrogens with one attached hydrogen (secondary N) is 1. The zero-order valence-electron chi connectivity index (χ0n) is 14.3. The van der Waals surface area contributed by atoms with Crippen molar-refractivity contribution < 1.29 is 14.3 Å². The molecule has 25 heavy (non-hydrogen) atoms. The molecule has 0 unspecified atom stereocenters. The van der Waals surface area contributed by atoms with Crippen LogP contribution in [0.5, 0.6) is 5.75 Å². The van der Waals surface area contributed by atoms with Crippen LogP contribution < -0.4 is 15.0 Å². The molecule has 5 nitrogen and oxygen atoms in total. The van der Waals surface area contributed by atoms with E-state index in [2.05, 4.69) is 5.32 Å². The van der Waals surface area contributed by atoms with Crippen molar-refractivity contribution in [3.8, 4) is 5.75 Å². The van der Waals surface area contributed by atoms with Gasteiger partial charge >= 0.3 is 0 Å². The maximum atomic E-state index is 11.9. The highest BCUT2D eigenvalue weighted by Crippen LogP contribution is 2.28. The molecule has 1 heterocycles. The minimum absolute atomic E-state index is 0.00496. The van der Waals surface area contributed by atoms with Crippen molar-refractivity contribution in [2.75, 3.05) is 18.6 Å². The van der Waals surface area contributed by atoms with E-state index >= 15 is 0 Å². The second-order valence-corrected chi connectivity index (χ2v) is 6.13. The first-order chi connectivity index (χ1) is 12.1. The van der Waals surface area contributed by atoms with Crippen LogP contribution in [0.2, 0.25) is 0 Å². The van der Waals surface area contributed by atoms with E-state index < -0.39 is 0 Å². The van der Waals surface area contributed by atoms with Crippen molar-refractivity contribution in [2.24, 2.45) is 0 Å². The number of ether oxygens (including phenoxy) is 1. The number of anilines is 1. The molecule has 1 N–H and O–H groups in total. The fourth-order valence-electron chi connectivity index (χ4n) is 2.86. The van der Waals surface area contributed by atoms with E-state index in [-0.39, 0.29) is 11.8 Å². The molecular weight excluding hydrogens is 316 g/mol. The van der Waals surface area contributed by atoms with Crippen LogP contribution >= 0.6 is 0 Å². The van der Waals surface area contributed by atoms with Gasteiger partial charge in [-0.05, 0) is 35.7 Å². The number of para-hydroxylation sites is 1. The minimum atomic E-state index is 0.00496. The molecule has 0 spiro atoms. The Labute approximate surface area is 147 Å². The topological polar surface area (TPSA) is 58.6 Å². The highest BCUT2D eigenvalue weighted by molar-refractivity contribution is 6.00. The van der Waals surface area contributed by atoms with Gasteiger partial charge in [0.25, 0.3) is 0 Å². The molecule has 0 bridgehead atoms. The minimum Gasteiger partial charge on any atom is -0.494 e. The number of nitrogens with zero attached hydrogens (tertiary/aromatic N) is 1. The summed E-state index contributed by atoms with van der Waals surface area (Å²) in [6.45, 7) is 0.994. The maximum Gasteiger partial charge on any atom is 0.231 e. The van der Waals surface area contributed by atoms with E-state index in [1.165, 1.54) is 0 Å². The average Bonchev–Trinajstić information content (AvgIpc) is 2.91. The van der Waals surface area contributed by atoms with Crippen molar-refractivity contribution in [3.05, 3.63) is 59.7 Å². The number of hydrogen-bond donors (Lipinski definition) is 1. The van der Waals surface area contributed by atoms with Gasteiger partial charge in [0.2, 0.25) is 11.8 Å². The van der Waals surface area contributed by atoms with Gasteiger partial charge in [0.15, 0.2) is 0 Å². The molecule has 0 saturated heterocycles. The van der Waals surface area contributed by atoms with Crippen LogP contribution in [0.3, 0.4) is 0 Å². The van der Waals surface area contributed by atoms with E-state index in [0.29, 0.717) is 32.4 Å². The van der Waals surface area contributed by atoms with Gasteiger partial charge in [-0.2, -0.15) is 0 Å². The molecule has 3 rings (SSSR count). The van der Waals surface area contributed by atoms with Crippen molar-refractivity contribution >= 4 is 17.5 Å². The summed E-state index contributed by atoms with van der Waals surface area (Å²) in [7, 11) is 1.78. The van der Waals surface area contributed by atoms with E-state index in [9.17, 15) is 9.59 Å². The van der Waals surface area contributed by atoms with Gasteiger partial charge in [0.05, 0.1) is 13.0 Å². The lowest BCUT2D eigenvalue weighted by atomic mass is 10.1. The number of fused-ring (bicyclic) bond motifs is 1. The predicted octanol–water partition coefficient (Wildman–Crippen LogP) is 2.68. The Morgan fingerprint density at radius 1 is 1.20 bits per heavy atom. The highest BCUT2D eigenvalue weighted by atomic mass is 16.5. The molecule has 0 saturated carbocycles. The number of likely N-dealkylation sites (N-methyl/N-ethyl adjacent to an activating group) is 1. The monoisotopic (exact) mass is 338 g/mol. The molecule has 130 valence electrons. The molecule has 0 fully saturated rings. The standard InChI is InChI=1S/C20H22N2O3/c1-22-18-10-9-15(12-16(18)13-20(22)24)14-21-19(23)8-5-11-25-17-6-3-2-4-7-17/h2-4,6-7,9-10,12H,5,8,11,13-14H2,1H3,(H,21,23). The SMILES string of the molecule is CN1C(=O)Cc2cc(CNC(=O)CCCOc3ccccc3)ccc21. The van der Waals surface area contributed by atoms with Crippen LogP contribution in [0.1, 0.15) is 24.0 Å². The summed E-state index contributed by atoms with van der Waals surface area (Å²) in [5.74, 6) is 0.931. The normalized spacial score (nSPS) is 12.8. The largest absolute Gasteiger partial charge is 0.494 e. The summed E-state index contributed by atoms with van der Waals surface area (Å²) >= 11 is 0. The summed E-state index contributed by atoms with van der Waals surface area (Å²) in [4.78, 5) is 25.3. The zero-order chi connectivity index (χ0) is 17.6. The smallest absolute Gasteiger partial charge is 0.231 e. The van der Waals surface area contributed by atoms with Crippen LogP contribution in [0, 0.1) is 0 Å². The lowest BCUT2D eigenvalue weighted by Gasteiger charge is -2.11. The number of hydrogen-bond acceptors (Lipinski definition) is 3. The summed E-state index contributed by atoms with van der Waals surface area (Å²) < 4.78 is 5.57. The summed E-state index contributed by atoms with van der Waals surface area (Å²) in [6, 6.07) is 15.5. The Balaban J connectivity index is 1.39. The third-order valence-corrected chi connectivity index (χ3v) is 4.27. The van der Waals surface area contributed by atoms with Gasteiger partial charge in [-0.15, -0.1) is 0 Å². The third-order valence-electron chi connectivity index (χ3n) is 4.27. The molecule has 1 aliphatic heterocycles. The van der Waals surface area contributed by atoms with Crippen molar-refractivity contribution in [3.63, 3.8) is 0 Å². The molecule has 1 aliphatic rings. The van der Waals surface area contributed by atoms with E-state index in [4.69, 9.17) is 4.74 Å². The molecule has 0 radical (unpaired) electrons. The van der Waals surface area contributed by atoms with Gasteiger partial charge in [0.1, 0.15) is 5.75 Å². The number of carbonyl (C=O) groups excluding carboxylic acids is 2. The predicted molar refractivity (Wildman–Crippen MR) is 96.6 cm³/mol. The lowest BCUT2D eigenvalue weighted by Crippen LogP contribution is -2.23. The third kappa shape index (κ3) is 4.38. The van der Waals surface area contributed by atoms with E-state index in [0.717, 1.165) is 22.6 Å². The van der Waals surface area contributed by atoms with Gasteiger partial charge in [0, 0.05) is 25.7 Å². The second-order valence-electron chi connectivity index (χ2n) is 6.13. The van der Waals surface area contributed by atoms with Crippen molar-refractivity contribution in [1.29, 1.82) is 0 Å². The van der Waals surface area contributed by atoms with Gasteiger partial charge in [-0.25, -0.2) is 0 Å². The Bertz CT molecular complexity index is 759. The molecule has 0 aliphatic carbocycles. The van der Waals surface area contributed by atoms with Crippen LogP contribution in [-0.4, -0.2) is 25.5 Å². The van der Waals surface area contributed by atoms with Gasteiger partial charge < -0.3 is 15.0 Å². The number of rotatable bonds is 7. The fourth-order valence-corrected chi connectivity index (χ4v) is 2.86. The Morgan fingerprint density at radius 2 is 2.00 bits per heavy atom. The molecule has 5 heteroatoms. The van der Waals surface area contributed by atoms with Crippen LogP contribution in [0.25, 0.3) is 0 Å². The first-order valence-electron chi connectivity index (χ1n) is 8.46. The first kappa shape index (κ1) is 17.0. The molecule has 2 aromatic carbocycles. The Morgan fingerprint density at radius 3 is 2.80 bits per heavy atom. The number of amides is 2. The Kier molecular flexibility index (Phi) is 5.33. The van der Waals surface area contributed by atoms with E-state index in [1.54, 1.807) is 11.9 Å². The summed E-state index contributed by atoms with van der Waals surface area (Å²) in [6.07, 6.45) is 1.54. The van der Waals surface area contributed by atoms with Crippen LogP contribution in [0.15, 0.2) is 48.5 Å². The van der Waals surface area contributed by atoms with Crippen molar-refractivity contribution in [1.82, 2.24) is 5.32 Å². The zero-order valence-corrected chi connectivity index (χ0v) is 14.3. The summed E-state index contributed by atoms with van der Waals surface area (Å²) in [5, 5.41) is 2.92. The molecule has 2 aromatic rings. The maximum absolute atomic E-state index is 11.9. The fraction of sp³-hybridized carbons (Fsp3) is 0.300.